The van der Waals surface area contributed by atoms with Crippen molar-refractivity contribution in [3.63, 3.8) is 0 Å². The van der Waals surface area contributed by atoms with E-state index in [1.54, 1.807) is 12.4 Å². The fourth-order valence-corrected chi connectivity index (χ4v) is 2.19. The van der Waals surface area contributed by atoms with Crippen molar-refractivity contribution in [2.24, 2.45) is 0 Å². The van der Waals surface area contributed by atoms with Crippen molar-refractivity contribution >= 4 is 11.8 Å². The fraction of sp³-hybridized carbons (Fsp3) is 0.333. The van der Waals surface area contributed by atoms with E-state index in [9.17, 15) is 9.59 Å². The minimum Gasteiger partial charge on any atom is -0.351 e. The quantitative estimate of drug-likeness (QED) is 0.566. The lowest BCUT2D eigenvalue weighted by atomic mass is 10.0. The summed E-state index contributed by atoms with van der Waals surface area (Å²) in [6.07, 6.45) is 7.23. The number of hydrogen-bond acceptors (Lipinski definition) is 4. The number of piperazine rings is 1. The number of imidazole rings is 2. The first-order valence-electron chi connectivity index (χ1n) is 6.28. The van der Waals surface area contributed by atoms with E-state index < -0.39 is 12.1 Å². The lowest BCUT2D eigenvalue weighted by Gasteiger charge is -2.28. The van der Waals surface area contributed by atoms with Gasteiger partial charge in [0.05, 0.1) is 24.0 Å². The molecule has 104 valence electrons. The Bertz CT molecular complexity index is 537. The molecule has 2 amide bonds. The number of amides is 2. The monoisotopic (exact) mass is 274 g/mol. The molecule has 2 atom stereocenters. The van der Waals surface area contributed by atoms with Crippen LogP contribution in [0, 0.1) is 0 Å². The molecule has 2 aromatic rings. The molecule has 1 aliphatic heterocycles. The van der Waals surface area contributed by atoms with E-state index in [0.29, 0.717) is 12.8 Å². The second-order valence-electron chi connectivity index (χ2n) is 4.65. The Morgan fingerprint density at radius 1 is 0.850 bits per heavy atom. The highest BCUT2D eigenvalue weighted by molar-refractivity contribution is 5.97. The molecule has 3 heterocycles. The topological polar surface area (TPSA) is 116 Å². The SMILES string of the molecule is O=C1N[C@H](Cc2c[nH]cn2)C(=O)N[C@@H]1Cc1c[nH]cn1. The average molecular weight is 274 g/mol. The largest absolute Gasteiger partial charge is 0.351 e. The Morgan fingerprint density at radius 3 is 1.65 bits per heavy atom. The summed E-state index contributed by atoms with van der Waals surface area (Å²) in [4.78, 5) is 37.8. The van der Waals surface area contributed by atoms with Crippen LogP contribution in [0.25, 0.3) is 0 Å². The predicted molar refractivity (Wildman–Crippen MR) is 68.4 cm³/mol. The van der Waals surface area contributed by atoms with Gasteiger partial charge in [-0.15, -0.1) is 0 Å². The van der Waals surface area contributed by atoms with Gasteiger partial charge in [0, 0.05) is 25.2 Å². The van der Waals surface area contributed by atoms with Crippen LogP contribution in [0.5, 0.6) is 0 Å². The Hall–Kier alpha value is -2.64. The molecule has 8 heteroatoms. The maximum absolute atomic E-state index is 12.0. The Balaban J connectivity index is 1.64. The third kappa shape index (κ3) is 2.53. The second-order valence-corrected chi connectivity index (χ2v) is 4.65. The number of nitrogens with one attached hydrogen (secondary N) is 4. The number of aromatic nitrogens is 4. The molecule has 0 unspecified atom stereocenters. The van der Waals surface area contributed by atoms with Crippen molar-refractivity contribution in [3.05, 3.63) is 36.4 Å². The number of carbonyl (C=O) groups excluding carboxylic acids is 2. The number of aromatic amines is 2. The van der Waals surface area contributed by atoms with Crippen LogP contribution in [-0.4, -0.2) is 43.8 Å². The third-order valence-corrected chi connectivity index (χ3v) is 3.20. The molecule has 0 aliphatic carbocycles. The summed E-state index contributed by atoms with van der Waals surface area (Å²) in [5.74, 6) is -0.402. The van der Waals surface area contributed by atoms with Gasteiger partial charge in [0.2, 0.25) is 11.8 Å². The zero-order chi connectivity index (χ0) is 13.9. The summed E-state index contributed by atoms with van der Waals surface area (Å²) >= 11 is 0. The highest BCUT2D eigenvalue weighted by atomic mass is 16.2. The van der Waals surface area contributed by atoms with E-state index >= 15 is 0 Å². The van der Waals surface area contributed by atoms with Crippen LogP contribution < -0.4 is 10.6 Å². The molecule has 4 N–H and O–H groups in total. The summed E-state index contributed by atoms with van der Waals surface area (Å²) in [5, 5.41) is 5.45. The Kier molecular flexibility index (Phi) is 3.20. The summed E-state index contributed by atoms with van der Waals surface area (Å²) in [6.45, 7) is 0. The fourth-order valence-electron chi connectivity index (χ4n) is 2.19. The Labute approximate surface area is 114 Å². The van der Waals surface area contributed by atoms with E-state index in [1.165, 1.54) is 12.7 Å². The molecular formula is C12H14N6O2. The molecule has 1 aliphatic rings. The highest BCUT2D eigenvalue weighted by Crippen LogP contribution is 2.07. The molecular weight excluding hydrogens is 260 g/mol. The van der Waals surface area contributed by atoms with E-state index in [4.69, 9.17) is 0 Å². The first-order valence-corrected chi connectivity index (χ1v) is 6.28. The van der Waals surface area contributed by atoms with Crippen molar-refractivity contribution < 1.29 is 9.59 Å². The highest BCUT2D eigenvalue weighted by Gasteiger charge is 2.34. The van der Waals surface area contributed by atoms with Gasteiger partial charge in [-0.05, 0) is 0 Å². The Morgan fingerprint density at radius 2 is 1.30 bits per heavy atom. The van der Waals surface area contributed by atoms with Gasteiger partial charge in [-0.25, -0.2) is 9.97 Å². The molecule has 1 fully saturated rings. The number of H-pyrrole nitrogens is 2. The molecule has 0 radical (unpaired) electrons. The first-order chi connectivity index (χ1) is 9.72. The summed E-state index contributed by atoms with van der Waals surface area (Å²) in [5.41, 5.74) is 1.47. The minimum absolute atomic E-state index is 0.201. The zero-order valence-electron chi connectivity index (χ0n) is 10.6. The van der Waals surface area contributed by atoms with Crippen molar-refractivity contribution in [3.8, 4) is 0 Å². The van der Waals surface area contributed by atoms with Gasteiger partial charge in [-0.2, -0.15) is 0 Å². The average Bonchev–Trinajstić information content (AvgIpc) is 3.08. The van der Waals surface area contributed by atoms with E-state index in [1.807, 2.05) is 0 Å². The van der Waals surface area contributed by atoms with Crippen molar-refractivity contribution in [1.82, 2.24) is 30.6 Å². The van der Waals surface area contributed by atoms with Crippen LogP contribution in [0.15, 0.2) is 25.0 Å². The van der Waals surface area contributed by atoms with E-state index in [2.05, 4.69) is 30.6 Å². The molecule has 2 aromatic heterocycles. The van der Waals surface area contributed by atoms with Crippen LogP contribution in [0.3, 0.4) is 0 Å². The van der Waals surface area contributed by atoms with Crippen LogP contribution in [-0.2, 0) is 22.4 Å². The zero-order valence-corrected chi connectivity index (χ0v) is 10.6. The second kappa shape index (κ2) is 5.16. The van der Waals surface area contributed by atoms with E-state index in [0.717, 1.165) is 11.4 Å². The van der Waals surface area contributed by atoms with Gasteiger partial charge in [0.1, 0.15) is 12.1 Å². The molecule has 0 bridgehead atoms. The maximum Gasteiger partial charge on any atom is 0.243 e. The maximum atomic E-state index is 12.0. The van der Waals surface area contributed by atoms with Gasteiger partial charge in [-0.3, -0.25) is 9.59 Å². The predicted octanol–water partition coefficient (Wildman–Crippen LogP) is -1.10. The molecule has 3 rings (SSSR count). The van der Waals surface area contributed by atoms with Crippen LogP contribution in [0.2, 0.25) is 0 Å². The number of rotatable bonds is 4. The van der Waals surface area contributed by atoms with Crippen LogP contribution >= 0.6 is 0 Å². The summed E-state index contributed by atoms with van der Waals surface area (Å²) in [6, 6.07) is -1.16. The van der Waals surface area contributed by atoms with Gasteiger partial charge in [-0.1, -0.05) is 0 Å². The first kappa shape index (κ1) is 12.4. The standard InChI is InChI=1S/C12H14N6O2/c19-11-9(1-7-3-13-5-15-7)17-12(20)10(18-11)2-8-4-14-6-16-8/h3-6,9-10H,1-2H2,(H,13,15)(H,14,16)(H,17,20)(H,18,19)/t9-,10-/m1/s1. The number of hydrogen-bond donors (Lipinski definition) is 4. The van der Waals surface area contributed by atoms with Crippen molar-refractivity contribution in [1.29, 1.82) is 0 Å². The van der Waals surface area contributed by atoms with Gasteiger partial charge in [0.25, 0.3) is 0 Å². The normalized spacial score (nSPS) is 22.4. The molecule has 8 nitrogen and oxygen atoms in total. The van der Waals surface area contributed by atoms with Crippen LogP contribution in [0.1, 0.15) is 11.4 Å². The van der Waals surface area contributed by atoms with Crippen molar-refractivity contribution in [2.45, 2.75) is 24.9 Å². The molecule has 20 heavy (non-hydrogen) atoms. The third-order valence-electron chi connectivity index (χ3n) is 3.20. The molecule has 1 saturated heterocycles. The van der Waals surface area contributed by atoms with Gasteiger partial charge >= 0.3 is 0 Å². The summed E-state index contributed by atoms with van der Waals surface area (Å²) in [7, 11) is 0. The summed E-state index contributed by atoms with van der Waals surface area (Å²) < 4.78 is 0. The van der Waals surface area contributed by atoms with Gasteiger partial charge < -0.3 is 20.6 Å². The smallest absolute Gasteiger partial charge is 0.243 e. The minimum atomic E-state index is -0.582. The van der Waals surface area contributed by atoms with E-state index in [-0.39, 0.29) is 11.8 Å². The lowest BCUT2D eigenvalue weighted by molar-refractivity contribution is -0.136. The van der Waals surface area contributed by atoms with Crippen molar-refractivity contribution in [2.75, 3.05) is 0 Å². The van der Waals surface area contributed by atoms with Crippen LogP contribution in [0.4, 0.5) is 0 Å². The number of nitrogens with zero attached hydrogens (tertiary/aromatic N) is 2. The molecule has 0 saturated carbocycles. The van der Waals surface area contributed by atoms with Gasteiger partial charge in [0.15, 0.2) is 0 Å². The molecule has 0 spiro atoms. The number of carbonyl (C=O) groups is 2. The molecule has 0 aromatic carbocycles. The lowest BCUT2D eigenvalue weighted by Crippen LogP contribution is -2.62.